The fourth-order valence-electron chi connectivity index (χ4n) is 4.80. The van der Waals surface area contributed by atoms with Crippen LogP contribution in [0, 0.1) is 5.92 Å². The summed E-state index contributed by atoms with van der Waals surface area (Å²) in [5.41, 5.74) is -0.715. The number of hydrogen-bond acceptors (Lipinski definition) is 5. The Morgan fingerprint density at radius 1 is 0.963 bits per heavy atom. The predicted octanol–water partition coefficient (Wildman–Crippen LogP) is -0.201. The molecule has 27 heavy (non-hydrogen) atoms. The van der Waals surface area contributed by atoms with Crippen LogP contribution in [-0.2, 0) is 18.8 Å². The van der Waals surface area contributed by atoms with Crippen LogP contribution in [0.1, 0.15) is 36.2 Å². The third-order valence-corrected chi connectivity index (χ3v) is 6.45. The van der Waals surface area contributed by atoms with Crippen LogP contribution in [0.15, 0.2) is 15.7 Å². The second-order valence-electron chi connectivity index (χ2n) is 8.12. The van der Waals surface area contributed by atoms with E-state index >= 15 is 0 Å². The van der Waals surface area contributed by atoms with Crippen molar-refractivity contribution in [1.29, 1.82) is 0 Å². The highest BCUT2D eigenvalue weighted by atomic mass is 16.5. The van der Waals surface area contributed by atoms with Crippen LogP contribution in [-0.4, -0.2) is 69.8 Å². The van der Waals surface area contributed by atoms with Crippen molar-refractivity contribution in [2.45, 2.75) is 37.8 Å². The molecule has 148 valence electrons. The van der Waals surface area contributed by atoms with E-state index in [2.05, 4.69) is 4.90 Å². The second-order valence-corrected chi connectivity index (χ2v) is 8.12. The molecule has 2 atom stereocenters. The van der Waals surface area contributed by atoms with Gasteiger partial charge in [-0.2, -0.15) is 0 Å². The van der Waals surface area contributed by atoms with Crippen molar-refractivity contribution in [2.24, 2.45) is 20.0 Å². The Morgan fingerprint density at radius 3 is 2.44 bits per heavy atom. The van der Waals surface area contributed by atoms with Gasteiger partial charge in [0.25, 0.3) is 11.5 Å². The number of ether oxygens (including phenoxy) is 1. The van der Waals surface area contributed by atoms with Crippen molar-refractivity contribution >= 4 is 5.91 Å². The molecule has 0 spiro atoms. The standard InChI is InChI=1S/C19H28N4O4/c1-20-16(9-17(24)21(2)19(20)26)18(25)23-11-13-3-4-15(23)12-22(10-13)14-5-7-27-8-6-14/h9,13-15H,3-8,10-12H2,1-2H3/t13-,15+/m0/s1. The molecular weight excluding hydrogens is 348 g/mol. The number of hydrogen-bond donors (Lipinski definition) is 0. The van der Waals surface area contributed by atoms with Crippen molar-refractivity contribution in [3.8, 4) is 0 Å². The monoisotopic (exact) mass is 376 g/mol. The molecule has 8 nitrogen and oxygen atoms in total. The minimum atomic E-state index is -0.463. The van der Waals surface area contributed by atoms with Crippen molar-refractivity contribution in [2.75, 3.05) is 32.8 Å². The van der Waals surface area contributed by atoms with Gasteiger partial charge in [-0.3, -0.25) is 23.6 Å². The average Bonchev–Trinajstić information content (AvgIpc) is 3.01. The average molecular weight is 376 g/mol. The number of carbonyl (C=O) groups is 1. The zero-order valence-electron chi connectivity index (χ0n) is 16.1. The SMILES string of the molecule is Cn1c(C(=O)N2C[C@H]3CC[C@@H]2CN(C2CCOCC2)C3)cc(=O)n(C)c1=O. The van der Waals surface area contributed by atoms with Gasteiger partial charge in [0.15, 0.2) is 0 Å². The maximum absolute atomic E-state index is 13.2. The van der Waals surface area contributed by atoms with Crippen LogP contribution in [0.4, 0.5) is 0 Å². The van der Waals surface area contributed by atoms with Crippen LogP contribution in [0.25, 0.3) is 0 Å². The summed E-state index contributed by atoms with van der Waals surface area (Å²) in [6, 6.07) is 1.96. The highest BCUT2D eigenvalue weighted by molar-refractivity contribution is 5.92. The molecule has 0 saturated carbocycles. The van der Waals surface area contributed by atoms with Crippen LogP contribution in [0.5, 0.6) is 0 Å². The lowest BCUT2D eigenvalue weighted by molar-refractivity contribution is 0.0303. The Hall–Kier alpha value is -1.93. The Kier molecular flexibility index (Phi) is 4.94. The summed E-state index contributed by atoms with van der Waals surface area (Å²) < 4.78 is 7.81. The summed E-state index contributed by atoms with van der Waals surface area (Å²) in [5.74, 6) is 0.245. The van der Waals surface area contributed by atoms with Gasteiger partial charge in [-0.25, -0.2) is 4.79 Å². The number of rotatable bonds is 2. The third kappa shape index (κ3) is 3.36. The number of piperidine rings is 1. The molecule has 0 unspecified atom stereocenters. The van der Waals surface area contributed by atoms with Crippen LogP contribution in [0.2, 0.25) is 0 Å². The lowest BCUT2D eigenvalue weighted by Gasteiger charge is -2.37. The van der Waals surface area contributed by atoms with Gasteiger partial charge in [0, 0.05) is 65.1 Å². The molecule has 1 amide bonds. The molecule has 4 aliphatic heterocycles. The van der Waals surface area contributed by atoms with Gasteiger partial charge in [-0.15, -0.1) is 0 Å². The first-order valence-corrected chi connectivity index (χ1v) is 9.85. The van der Waals surface area contributed by atoms with Gasteiger partial charge in [-0.1, -0.05) is 0 Å². The zero-order chi connectivity index (χ0) is 19.1. The lowest BCUT2D eigenvalue weighted by atomic mass is 9.94. The van der Waals surface area contributed by atoms with Crippen LogP contribution >= 0.6 is 0 Å². The zero-order valence-corrected chi connectivity index (χ0v) is 16.1. The van der Waals surface area contributed by atoms with E-state index in [0.717, 1.165) is 56.6 Å². The fraction of sp³-hybridized carbons (Fsp3) is 0.737. The van der Waals surface area contributed by atoms with E-state index in [-0.39, 0.29) is 17.6 Å². The minimum absolute atomic E-state index is 0.137. The number of carbonyl (C=O) groups excluding carboxylic acids is 1. The number of aromatic nitrogens is 2. The van der Waals surface area contributed by atoms with Crippen molar-refractivity contribution < 1.29 is 9.53 Å². The molecule has 1 aromatic heterocycles. The molecule has 2 bridgehead atoms. The first-order chi connectivity index (χ1) is 13.0. The first-order valence-electron chi connectivity index (χ1n) is 9.85. The quantitative estimate of drug-likeness (QED) is 0.715. The van der Waals surface area contributed by atoms with E-state index in [9.17, 15) is 14.4 Å². The highest BCUT2D eigenvalue weighted by Crippen LogP contribution is 2.31. The van der Waals surface area contributed by atoms with Crippen molar-refractivity contribution in [3.63, 3.8) is 0 Å². The van der Waals surface area contributed by atoms with Crippen LogP contribution < -0.4 is 11.2 Å². The smallest absolute Gasteiger partial charge is 0.331 e. The van der Waals surface area contributed by atoms with E-state index in [1.165, 1.54) is 17.7 Å². The Morgan fingerprint density at radius 2 is 1.70 bits per heavy atom. The third-order valence-electron chi connectivity index (χ3n) is 6.45. The first kappa shape index (κ1) is 18.4. The highest BCUT2D eigenvalue weighted by Gasteiger charge is 2.40. The Balaban J connectivity index is 1.59. The number of fused-ring (bicyclic) bond motifs is 4. The summed E-state index contributed by atoms with van der Waals surface area (Å²) in [7, 11) is 2.98. The number of nitrogens with zero attached hydrogens (tertiary/aromatic N) is 4. The van der Waals surface area contributed by atoms with Crippen molar-refractivity contribution in [1.82, 2.24) is 18.9 Å². The molecule has 0 aromatic carbocycles. The maximum Gasteiger partial charge on any atom is 0.331 e. The van der Waals surface area contributed by atoms with Gasteiger partial charge in [-0.05, 0) is 31.6 Å². The summed E-state index contributed by atoms with van der Waals surface area (Å²) in [5, 5.41) is 0. The predicted molar refractivity (Wildman–Crippen MR) is 99.9 cm³/mol. The molecule has 4 saturated heterocycles. The largest absolute Gasteiger partial charge is 0.381 e. The molecule has 5 rings (SSSR count). The summed E-state index contributed by atoms with van der Waals surface area (Å²) in [6.07, 6.45) is 4.21. The van der Waals surface area contributed by atoms with Gasteiger partial charge < -0.3 is 9.64 Å². The van der Waals surface area contributed by atoms with Gasteiger partial charge in [0.05, 0.1) is 0 Å². The fourth-order valence-corrected chi connectivity index (χ4v) is 4.80. The van der Waals surface area contributed by atoms with E-state index < -0.39 is 11.2 Å². The molecule has 4 aliphatic rings. The van der Waals surface area contributed by atoms with E-state index in [4.69, 9.17) is 4.74 Å². The normalized spacial score (nSPS) is 27.0. The lowest BCUT2D eigenvalue weighted by Crippen LogP contribution is -2.50. The second kappa shape index (κ2) is 7.24. The summed E-state index contributed by atoms with van der Waals surface area (Å²) in [4.78, 5) is 42.0. The van der Waals surface area contributed by atoms with Gasteiger partial charge in [0.1, 0.15) is 5.69 Å². The van der Waals surface area contributed by atoms with Crippen LogP contribution in [0.3, 0.4) is 0 Å². The maximum atomic E-state index is 13.2. The molecule has 0 radical (unpaired) electrons. The molecule has 0 N–H and O–H groups in total. The van der Waals surface area contributed by atoms with Gasteiger partial charge in [0.2, 0.25) is 0 Å². The van der Waals surface area contributed by atoms with E-state index in [0.29, 0.717) is 18.5 Å². The molecule has 0 aliphatic carbocycles. The van der Waals surface area contributed by atoms with Crippen molar-refractivity contribution in [3.05, 3.63) is 32.6 Å². The minimum Gasteiger partial charge on any atom is -0.381 e. The Labute approximate surface area is 158 Å². The molecule has 5 heterocycles. The summed E-state index contributed by atoms with van der Waals surface area (Å²) in [6.45, 7) is 4.21. The number of amides is 1. The molecule has 8 heteroatoms. The molecular formula is C19H28N4O4. The molecule has 1 aromatic rings. The Bertz CT molecular complexity index is 839. The van der Waals surface area contributed by atoms with Gasteiger partial charge >= 0.3 is 5.69 Å². The summed E-state index contributed by atoms with van der Waals surface area (Å²) >= 11 is 0. The van der Waals surface area contributed by atoms with E-state index in [1.54, 1.807) is 7.05 Å². The topological polar surface area (TPSA) is 76.8 Å². The van der Waals surface area contributed by atoms with E-state index in [1.807, 2.05) is 4.90 Å². The molecule has 4 fully saturated rings.